The van der Waals surface area contributed by atoms with E-state index in [1.165, 1.54) is 19.2 Å². The van der Waals surface area contributed by atoms with E-state index >= 15 is 0 Å². The Morgan fingerprint density at radius 3 is 2.75 bits per heavy atom. The summed E-state index contributed by atoms with van der Waals surface area (Å²) in [6.45, 7) is 0. The first-order chi connectivity index (χ1) is 7.54. The first kappa shape index (κ1) is 11.6. The topological polar surface area (TPSA) is 26.3 Å². The monoisotopic (exact) mass is 278 g/mol. The molecule has 2 nitrogen and oxygen atoms in total. The molecule has 0 spiro atoms. The van der Waals surface area contributed by atoms with E-state index in [0.29, 0.717) is 10.1 Å². The Balaban J connectivity index is 2.77. The van der Waals surface area contributed by atoms with Crippen molar-refractivity contribution < 1.29 is 13.9 Å². The SMILES string of the molecule is COc1cc2c(Cl)c(C(=O)Cl)sc2cc1F. The largest absolute Gasteiger partial charge is 0.494 e. The minimum absolute atomic E-state index is 0.0840. The molecule has 1 aromatic carbocycles. The van der Waals surface area contributed by atoms with Gasteiger partial charge in [0.25, 0.3) is 5.24 Å². The van der Waals surface area contributed by atoms with Crippen molar-refractivity contribution in [2.45, 2.75) is 0 Å². The van der Waals surface area contributed by atoms with E-state index in [1.807, 2.05) is 0 Å². The van der Waals surface area contributed by atoms with Gasteiger partial charge in [0.05, 0.1) is 12.1 Å². The Morgan fingerprint density at radius 1 is 1.50 bits per heavy atom. The summed E-state index contributed by atoms with van der Waals surface area (Å²) in [6.07, 6.45) is 0. The Labute approximate surface area is 105 Å². The highest BCUT2D eigenvalue weighted by atomic mass is 35.5. The van der Waals surface area contributed by atoms with Crippen molar-refractivity contribution in [3.8, 4) is 5.75 Å². The fourth-order valence-corrected chi connectivity index (χ4v) is 2.96. The van der Waals surface area contributed by atoms with E-state index in [2.05, 4.69) is 0 Å². The van der Waals surface area contributed by atoms with Crippen molar-refractivity contribution in [2.24, 2.45) is 0 Å². The zero-order valence-corrected chi connectivity index (χ0v) is 10.3. The molecule has 0 bridgehead atoms. The number of methoxy groups -OCH3 is 1. The van der Waals surface area contributed by atoms with Crippen LogP contribution in [0.5, 0.6) is 5.75 Å². The lowest BCUT2D eigenvalue weighted by atomic mass is 10.2. The third kappa shape index (κ3) is 1.77. The maximum absolute atomic E-state index is 13.4. The summed E-state index contributed by atoms with van der Waals surface area (Å²) in [7, 11) is 1.36. The molecule has 0 fully saturated rings. The van der Waals surface area contributed by atoms with Crippen LogP contribution in [0.15, 0.2) is 12.1 Å². The lowest BCUT2D eigenvalue weighted by molar-refractivity contribution is 0.108. The summed E-state index contributed by atoms with van der Waals surface area (Å²) in [5, 5.41) is 0.151. The van der Waals surface area contributed by atoms with Gasteiger partial charge in [0.15, 0.2) is 11.6 Å². The molecule has 6 heteroatoms. The van der Waals surface area contributed by atoms with Crippen molar-refractivity contribution in [3.05, 3.63) is 27.8 Å². The first-order valence-electron chi connectivity index (χ1n) is 4.20. The number of carbonyl (C=O) groups excluding carboxylic acids is 1. The van der Waals surface area contributed by atoms with Crippen molar-refractivity contribution in [1.29, 1.82) is 0 Å². The zero-order chi connectivity index (χ0) is 11.9. The average Bonchev–Trinajstić information content (AvgIpc) is 2.54. The molecular weight excluding hydrogens is 274 g/mol. The number of thiophene rings is 1. The van der Waals surface area contributed by atoms with Gasteiger partial charge >= 0.3 is 0 Å². The molecule has 2 rings (SSSR count). The molecule has 0 amide bonds. The van der Waals surface area contributed by atoms with Crippen molar-refractivity contribution in [3.63, 3.8) is 0 Å². The van der Waals surface area contributed by atoms with Gasteiger partial charge in [-0.2, -0.15) is 0 Å². The molecule has 0 aliphatic heterocycles. The van der Waals surface area contributed by atoms with E-state index in [0.717, 1.165) is 11.3 Å². The number of halogens is 3. The minimum atomic E-state index is -0.648. The van der Waals surface area contributed by atoms with E-state index in [-0.39, 0.29) is 15.6 Å². The van der Waals surface area contributed by atoms with Crippen LogP contribution in [0.3, 0.4) is 0 Å². The predicted molar refractivity (Wildman–Crippen MR) is 63.5 cm³/mol. The molecule has 0 saturated heterocycles. The lowest BCUT2D eigenvalue weighted by Gasteiger charge is -2.01. The maximum Gasteiger partial charge on any atom is 0.263 e. The van der Waals surface area contributed by atoms with Crippen molar-refractivity contribution >= 4 is 49.9 Å². The molecule has 0 aliphatic carbocycles. The van der Waals surface area contributed by atoms with Crippen LogP contribution in [0.4, 0.5) is 4.39 Å². The summed E-state index contributed by atoms with van der Waals surface area (Å²) in [6, 6.07) is 2.72. The van der Waals surface area contributed by atoms with E-state index in [9.17, 15) is 9.18 Å². The molecule has 84 valence electrons. The molecule has 16 heavy (non-hydrogen) atoms. The second-order valence-corrected chi connectivity index (χ2v) is 4.78. The lowest BCUT2D eigenvalue weighted by Crippen LogP contribution is -1.86. The fourth-order valence-electron chi connectivity index (χ4n) is 1.35. The van der Waals surface area contributed by atoms with Gasteiger partial charge in [-0.1, -0.05) is 11.6 Å². The number of hydrogen-bond donors (Lipinski definition) is 0. The molecular formula is C10H5Cl2FO2S. The summed E-state index contributed by atoms with van der Waals surface area (Å²) in [4.78, 5) is 11.3. The van der Waals surface area contributed by atoms with E-state index < -0.39 is 11.1 Å². The Hall–Kier alpha value is -0.840. The summed E-state index contributed by atoms with van der Waals surface area (Å²) in [5.74, 6) is -0.415. The second-order valence-electron chi connectivity index (χ2n) is 3.00. The molecule has 0 saturated carbocycles. The van der Waals surface area contributed by atoms with Crippen LogP contribution in [-0.2, 0) is 0 Å². The molecule has 0 aliphatic rings. The highest BCUT2D eigenvalue weighted by Gasteiger charge is 2.17. The number of fused-ring (bicyclic) bond motifs is 1. The number of ether oxygens (including phenoxy) is 1. The molecule has 0 atom stereocenters. The maximum atomic E-state index is 13.4. The van der Waals surface area contributed by atoms with Gasteiger partial charge in [-0.25, -0.2) is 4.39 Å². The molecule has 0 radical (unpaired) electrons. The standard InChI is InChI=1S/C10H5Cl2FO2S/c1-15-6-2-4-7(3-5(6)13)16-9(8(4)11)10(12)14/h2-3H,1H3. The third-order valence-corrected chi connectivity index (χ3v) is 4.04. The Kier molecular flexibility index (Phi) is 3.06. The number of carbonyl (C=O) groups is 1. The van der Waals surface area contributed by atoms with Crippen molar-refractivity contribution in [2.75, 3.05) is 7.11 Å². The Morgan fingerprint density at radius 2 is 2.19 bits per heavy atom. The number of hydrogen-bond acceptors (Lipinski definition) is 3. The summed E-state index contributed by atoms with van der Waals surface area (Å²) >= 11 is 12.4. The quantitative estimate of drug-likeness (QED) is 0.774. The molecule has 0 N–H and O–H groups in total. The highest BCUT2D eigenvalue weighted by molar-refractivity contribution is 7.23. The van der Waals surface area contributed by atoms with Crippen molar-refractivity contribution in [1.82, 2.24) is 0 Å². The van der Waals surface area contributed by atoms with Crippen LogP contribution < -0.4 is 4.74 Å². The molecule has 0 unspecified atom stereocenters. The second kappa shape index (κ2) is 4.20. The average molecular weight is 279 g/mol. The van der Waals surface area contributed by atoms with Crippen LogP contribution in [0.2, 0.25) is 5.02 Å². The van der Waals surface area contributed by atoms with Gasteiger partial charge in [0, 0.05) is 10.1 Å². The number of rotatable bonds is 2. The predicted octanol–water partition coefficient (Wildman–Crippen LogP) is 4.08. The van der Waals surface area contributed by atoms with Crippen LogP contribution in [0.1, 0.15) is 9.67 Å². The molecule has 1 heterocycles. The Bertz CT molecular complexity index is 580. The fraction of sp³-hybridized carbons (Fsp3) is 0.100. The molecule has 1 aromatic heterocycles. The summed E-state index contributed by atoms with van der Waals surface area (Å²) < 4.78 is 18.8. The molecule has 2 aromatic rings. The minimum Gasteiger partial charge on any atom is -0.494 e. The van der Waals surface area contributed by atoms with Gasteiger partial charge < -0.3 is 4.74 Å². The smallest absolute Gasteiger partial charge is 0.263 e. The summed E-state index contributed by atoms with van der Waals surface area (Å²) in [5.41, 5.74) is 0. The highest BCUT2D eigenvalue weighted by Crippen LogP contribution is 2.39. The first-order valence-corrected chi connectivity index (χ1v) is 5.77. The van der Waals surface area contributed by atoms with Crippen LogP contribution in [-0.4, -0.2) is 12.4 Å². The van der Waals surface area contributed by atoms with Crippen LogP contribution in [0, 0.1) is 5.82 Å². The van der Waals surface area contributed by atoms with Gasteiger partial charge in [-0.05, 0) is 23.7 Å². The number of benzene rings is 1. The van der Waals surface area contributed by atoms with Gasteiger partial charge in [0.1, 0.15) is 4.88 Å². The normalized spacial score (nSPS) is 10.8. The third-order valence-electron chi connectivity index (χ3n) is 2.08. The van der Waals surface area contributed by atoms with Gasteiger partial charge in [0.2, 0.25) is 0 Å². The van der Waals surface area contributed by atoms with Gasteiger partial charge in [-0.15, -0.1) is 11.3 Å². The van der Waals surface area contributed by atoms with Crippen LogP contribution in [0.25, 0.3) is 10.1 Å². The van der Waals surface area contributed by atoms with E-state index in [1.54, 1.807) is 0 Å². The van der Waals surface area contributed by atoms with Gasteiger partial charge in [-0.3, -0.25) is 4.79 Å². The van der Waals surface area contributed by atoms with Crippen LogP contribution >= 0.6 is 34.5 Å². The van der Waals surface area contributed by atoms with E-state index in [4.69, 9.17) is 27.9 Å². The zero-order valence-electron chi connectivity index (χ0n) is 8.01.